The van der Waals surface area contributed by atoms with Crippen molar-refractivity contribution in [3.8, 4) is 0 Å². The molecule has 1 N–H and O–H groups in total. The van der Waals surface area contributed by atoms with E-state index in [4.69, 9.17) is 11.6 Å². The Labute approximate surface area is 192 Å². The lowest BCUT2D eigenvalue weighted by atomic mass is 9.91. The summed E-state index contributed by atoms with van der Waals surface area (Å²) in [4.78, 5) is 41.5. The van der Waals surface area contributed by atoms with Crippen molar-refractivity contribution in [3.63, 3.8) is 0 Å². The van der Waals surface area contributed by atoms with Gasteiger partial charge in [-0.25, -0.2) is 4.98 Å². The number of aromatic nitrogens is 1. The zero-order chi connectivity index (χ0) is 22.4. The summed E-state index contributed by atoms with van der Waals surface area (Å²) in [6.07, 6.45) is 7.32. The van der Waals surface area contributed by atoms with Crippen LogP contribution in [0.25, 0.3) is 10.2 Å². The summed E-state index contributed by atoms with van der Waals surface area (Å²) in [5.74, 6) is -0.263. The number of hydrogen-bond acceptors (Lipinski definition) is 5. The number of allylic oxidation sites excluding steroid dienone is 1. The van der Waals surface area contributed by atoms with Gasteiger partial charge in [-0.05, 0) is 56.4 Å². The quantitative estimate of drug-likeness (QED) is 0.462. The molecule has 0 unspecified atom stereocenters. The molecule has 1 saturated carbocycles. The predicted molar refractivity (Wildman–Crippen MR) is 125 cm³/mol. The Kier molecular flexibility index (Phi) is 8.38. The van der Waals surface area contributed by atoms with Gasteiger partial charge in [-0.2, -0.15) is 0 Å². The van der Waals surface area contributed by atoms with Crippen LogP contribution in [0.1, 0.15) is 56.9 Å². The van der Waals surface area contributed by atoms with Gasteiger partial charge in [-0.1, -0.05) is 31.0 Å². The van der Waals surface area contributed by atoms with Crippen LogP contribution in [-0.4, -0.2) is 28.5 Å². The minimum Gasteiger partial charge on any atom is -0.353 e. The van der Waals surface area contributed by atoms with E-state index in [1.807, 2.05) is 12.1 Å². The number of fused-ring (bicyclic) bond motifs is 1. The van der Waals surface area contributed by atoms with Crippen LogP contribution in [0.15, 0.2) is 30.9 Å². The molecule has 1 aromatic carbocycles. The van der Waals surface area contributed by atoms with Crippen LogP contribution in [0.2, 0.25) is 5.02 Å². The highest BCUT2D eigenvalue weighted by atomic mass is 35.5. The van der Waals surface area contributed by atoms with E-state index in [-0.39, 0.29) is 29.9 Å². The second-order valence-electron chi connectivity index (χ2n) is 8.40. The first kappa shape index (κ1) is 23.6. The number of amides is 1. The first-order chi connectivity index (χ1) is 14.9. The van der Waals surface area contributed by atoms with Gasteiger partial charge in [0.1, 0.15) is 5.78 Å². The lowest BCUT2D eigenvalue weighted by Crippen LogP contribution is -2.43. The van der Waals surface area contributed by atoms with Crippen LogP contribution in [-0.2, 0) is 20.8 Å². The SMILES string of the molecule is C=CC(=O)CC[C@@H](NC(=O)[C@@H](CC(C)=O)Cc1nc2ccc(Cl)cc2s1)C1CCCC1. The summed E-state index contributed by atoms with van der Waals surface area (Å²) < 4.78 is 0.969. The van der Waals surface area contributed by atoms with E-state index in [1.165, 1.54) is 24.3 Å². The summed E-state index contributed by atoms with van der Waals surface area (Å²) in [6.45, 7) is 5.05. The number of thiazole rings is 1. The van der Waals surface area contributed by atoms with Gasteiger partial charge in [0.2, 0.25) is 5.91 Å². The van der Waals surface area contributed by atoms with E-state index in [1.54, 1.807) is 6.07 Å². The van der Waals surface area contributed by atoms with Gasteiger partial charge in [0.05, 0.1) is 21.1 Å². The number of rotatable bonds is 11. The maximum Gasteiger partial charge on any atom is 0.224 e. The van der Waals surface area contributed by atoms with Crippen molar-refractivity contribution in [2.75, 3.05) is 0 Å². The molecule has 1 aliphatic carbocycles. The number of carbonyl (C=O) groups is 3. The van der Waals surface area contributed by atoms with Crippen LogP contribution in [0.4, 0.5) is 0 Å². The first-order valence-corrected chi connectivity index (χ1v) is 12.0. The lowest BCUT2D eigenvalue weighted by molar-refractivity contribution is -0.129. The highest BCUT2D eigenvalue weighted by Gasteiger charge is 2.30. The van der Waals surface area contributed by atoms with E-state index in [9.17, 15) is 14.4 Å². The normalized spacial score (nSPS) is 16.2. The second kappa shape index (κ2) is 11.0. The second-order valence-corrected chi connectivity index (χ2v) is 9.95. The van der Waals surface area contributed by atoms with Crippen LogP contribution < -0.4 is 5.32 Å². The third-order valence-electron chi connectivity index (χ3n) is 5.95. The molecule has 0 bridgehead atoms. The molecule has 0 saturated heterocycles. The molecule has 166 valence electrons. The van der Waals surface area contributed by atoms with Gasteiger partial charge in [0, 0.05) is 30.3 Å². The molecule has 1 aliphatic rings. The number of nitrogens with zero attached hydrogens (tertiary/aromatic N) is 1. The number of ketones is 2. The van der Waals surface area contributed by atoms with Crippen LogP contribution >= 0.6 is 22.9 Å². The Morgan fingerprint density at radius 1 is 1.32 bits per heavy atom. The van der Waals surface area contributed by atoms with Crippen molar-refractivity contribution in [1.29, 1.82) is 0 Å². The van der Waals surface area contributed by atoms with Gasteiger partial charge in [0.15, 0.2) is 5.78 Å². The molecular formula is C24H29ClN2O3S. The van der Waals surface area contributed by atoms with E-state index in [0.29, 0.717) is 30.2 Å². The molecule has 0 radical (unpaired) electrons. The third-order valence-corrected chi connectivity index (χ3v) is 7.22. The topological polar surface area (TPSA) is 76.1 Å². The highest BCUT2D eigenvalue weighted by Crippen LogP contribution is 2.31. The van der Waals surface area contributed by atoms with Gasteiger partial charge in [0.25, 0.3) is 0 Å². The summed E-state index contributed by atoms with van der Waals surface area (Å²) in [7, 11) is 0. The molecule has 2 atom stereocenters. The zero-order valence-electron chi connectivity index (χ0n) is 17.9. The average molecular weight is 461 g/mol. The van der Waals surface area contributed by atoms with Gasteiger partial charge in [-0.3, -0.25) is 9.59 Å². The van der Waals surface area contributed by atoms with Crippen molar-refractivity contribution in [1.82, 2.24) is 10.3 Å². The molecule has 1 aromatic heterocycles. The number of halogens is 1. The van der Waals surface area contributed by atoms with Crippen molar-refractivity contribution in [3.05, 3.63) is 40.9 Å². The molecule has 2 aromatic rings. The van der Waals surface area contributed by atoms with E-state index in [0.717, 1.165) is 40.9 Å². The lowest BCUT2D eigenvalue weighted by Gasteiger charge is -2.26. The molecule has 3 rings (SSSR count). The molecular weight excluding hydrogens is 432 g/mol. The van der Waals surface area contributed by atoms with Crippen molar-refractivity contribution in [2.24, 2.45) is 11.8 Å². The Bertz CT molecular complexity index is 965. The molecule has 0 spiro atoms. The number of carbonyl (C=O) groups excluding carboxylic acids is 3. The molecule has 1 fully saturated rings. The predicted octanol–water partition coefficient (Wildman–Crippen LogP) is 5.30. The average Bonchev–Trinajstić information content (AvgIpc) is 3.39. The minimum atomic E-state index is -0.479. The zero-order valence-corrected chi connectivity index (χ0v) is 19.4. The number of benzene rings is 1. The van der Waals surface area contributed by atoms with Crippen LogP contribution in [0, 0.1) is 11.8 Å². The Morgan fingerprint density at radius 3 is 2.74 bits per heavy atom. The summed E-state index contributed by atoms with van der Waals surface area (Å²) in [5.41, 5.74) is 0.846. The third kappa shape index (κ3) is 6.71. The standard InChI is InChI=1S/C24H29ClN2O3S/c1-3-19(29)9-11-20(16-6-4-5-7-16)27-24(30)17(12-15(2)28)13-23-26-21-10-8-18(25)14-22(21)31-23/h3,8,10,14,16-17,20H,1,4-7,9,11-13H2,2H3,(H,27,30)/t17-,20+/m0/s1. The fourth-order valence-corrected chi connectivity index (χ4v) is 5.66. The fourth-order valence-electron chi connectivity index (χ4n) is 4.33. The van der Waals surface area contributed by atoms with Gasteiger partial charge >= 0.3 is 0 Å². The maximum absolute atomic E-state index is 13.2. The first-order valence-electron chi connectivity index (χ1n) is 10.9. The molecule has 5 nitrogen and oxygen atoms in total. The fraction of sp³-hybridized carbons (Fsp3) is 0.500. The largest absolute Gasteiger partial charge is 0.353 e. The van der Waals surface area contributed by atoms with E-state index >= 15 is 0 Å². The van der Waals surface area contributed by atoms with Gasteiger partial charge in [-0.15, -0.1) is 11.3 Å². The van der Waals surface area contributed by atoms with Crippen molar-refractivity contribution >= 4 is 50.6 Å². The Balaban J connectivity index is 1.73. The summed E-state index contributed by atoms with van der Waals surface area (Å²) >= 11 is 7.58. The van der Waals surface area contributed by atoms with Crippen molar-refractivity contribution in [2.45, 2.75) is 64.3 Å². The number of Topliss-reactive ketones (excluding diaryl/α,β-unsaturated/α-hetero) is 1. The molecule has 31 heavy (non-hydrogen) atoms. The van der Waals surface area contributed by atoms with Crippen LogP contribution in [0.3, 0.4) is 0 Å². The molecule has 7 heteroatoms. The monoisotopic (exact) mass is 460 g/mol. The Morgan fingerprint density at radius 2 is 2.06 bits per heavy atom. The summed E-state index contributed by atoms with van der Waals surface area (Å²) in [6, 6.07) is 5.47. The van der Waals surface area contributed by atoms with E-state index < -0.39 is 5.92 Å². The van der Waals surface area contributed by atoms with Gasteiger partial charge < -0.3 is 10.1 Å². The molecule has 0 aliphatic heterocycles. The van der Waals surface area contributed by atoms with Crippen molar-refractivity contribution < 1.29 is 14.4 Å². The maximum atomic E-state index is 13.2. The summed E-state index contributed by atoms with van der Waals surface area (Å²) in [5, 5.41) is 4.65. The minimum absolute atomic E-state index is 0.00864. The number of nitrogens with one attached hydrogen (secondary N) is 1. The molecule has 1 amide bonds. The van der Waals surface area contributed by atoms with Crippen LogP contribution in [0.5, 0.6) is 0 Å². The number of hydrogen-bond donors (Lipinski definition) is 1. The molecule has 1 heterocycles. The Hall–Kier alpha value is -2.05. The highest BCUT2D eigenvalue weighted by molar-refractivity contribution is 7.18. The van der Waals surface area contributed by atoms with E-state index in [2.05, 4.69) is 16.9 Å². The smallest absolute Gasteiger partial charge is 0.224 e.